The molecule has 0 saturated heterocycles. The van der Waals surface area contributed by atoms with Gasteiger partial charge in [-0.05, 0) is 127 Å². The van der Waals surface area contributed by atoms with Crippen LogP contribution < -0.4 is 20.1 Å². The lowest BCUT2D eigenvalue weighted by atomic mass is 9.79. The summed E-state index contributed by atoms with van der Waals surface area (Å²) in [6, 6.07) is 45.8. The van der Waals surface area contributed by atoms with E-state index < -0.39 is 5.60 Å². The van der Waals surface area contributed by atoms with Gasteiger partial charge in [-0.1, -0.05) is 74.5 Å². The van der Waals surface area contributed by atoms with E-state index in [9.17, 15) is 9.59 Å². The van der Waals surface area contributed by atoms with Crippen molar-refractivity contribution in [2.45, 2.75) is 45.1 Å². The van der Waals surface area contributed by atoms with Crippen LogP contribution in [0.1, 0.15) is 65.1 Å². The summed E-state index contributed by atoms with van der Waals surface area (Å²) in [6.45, 7) is 8.36. The zero-order valence-electron chi connectivity index (χ0n) is 32.7. The van der Waals surface area contributed by atoms with Gasteiger partial charge in [-0.25, -0.2) is 0 Å². The van der Waals surface area contributed by atoms with E-state index in [0.29, 0.717) is 45.5 Å². The first-order valence-electron chi connectivity index (χ1n) is 18.8. The molecular weight excluding hydrogens is 711 g/mol. The van der Waals surface area contributed by atoms with Crippen LogP contribution in [0.3, 0.4) is 0 Å². The molecule has 0 fully saturated rings. The van der Waals surface area contributed by atoms with E-state index in [2.05, 4.69) is 41.6 Å². The molecule has 8 nitrogen and oxygen atoms in total. The Balaban J connectivity index is 0.895. The molecule has 0 radical (unpaired) electrons. The number of aromatic nitrogens is 1. The number of methoxy groups -OCH3 is 1. The van der Waals surface area contributed by atoms with Gasteiger partial charge in [-0.3, -0.25) is 14.6 Å². The highest BCUT2D eigenvalue weighted by Crippen LogP contribution is 2.32. The number of benzene rings is 6. The van der Waals surface area contributed by atoms with E-state index in [-0.39, 0.29) is 17.2 Å². The highest BCUT2D eigenvalue weighted by atomic mass is 16.5. The van der Waals surface area contributed by atoms with Gasteiger partial charge >= 0.3 is 0 Å². The van der Waals surface area contributed by atoms with Gasteiger partial charge in [0.05, 0.1) is 11.8 Å². The maximum atomic E-state index is 13.1. The van der Waals surface area contributed by atoms with Crippen molar-refractivity contribution in [3.8, 4) is 23.0 Å². The van der Waals surface area contributed by atoms with Crippen molar-refractivity contribution in [1.82, 2.24) is 4.98 Å². The summed E-state index contributed by atoms with van der Waals surface area (Å²) in [5, 5.41) is 7.91. The van der Waals surface area contributed by atoms with Gasteiger partial charge < -0.3 is 24.8 Å². The monoisotopic (exact) mass is 755 g/mol. The predicted octanol–water partition coefficient (Wildman–Crippen LogP) is 11.7. The Morgan fingerprint density at radius 2 is 1.05 bits per heavy atom. The number of hydrogen-bond donors (Lipinski definition) is 2. The number of pyridine rings is 1. The van der Waals surface area contributed by atoms with Crippen LogP contribution in [0.5, 0.6) is 23.0 Å². The first-order valence-corrected chi connectivity index (χ1v) is 18.8. The van der Waals surface area contributed by atoms with Crippen molar-refractivity contribution in [2.75, 3.05) is 17.7 Å². The van der Waals surface area contributed by atoms with Crippen LogP contribution in [0.25, 0.3) is 10.8 Å². The van der Waals surface area contributed by atoms with E-state index in [0.717, 1.165) is 33.9 Å². The molecule has 1 heterocycles. The molecule has 0 bridgehead atoms. The number of anilines is 2. The fourth-order valence-corrected chi connectivity index (χ4v) is 6.55. The Labute approximate surface area is 333 Å². The Kier molecular flexibility index (Phi) is 11.2. The van der Waals surface area contributed by atoms with Crippen molar-refractivity contribution >= 4 is 34.0 Å². The van der Waals surface area contributed by atoms with Crippen LogP contribution >= 0.6 is 0 Å². The average Bonchev–Trinajstić information content (AvgIpc) is 3.23. The van der Waals surface area contributed by atoms with Crippen LogP contribution in [-0.4, -0.2) is 23.9 Å². The molecule has 8 heteroatoms. The minimum absolute atomic E-state index is 0.185. The number of nitrogens with one attached hydrogen (secondary N) is 2. The number of ether oxygens (including phenoxy) is 3. The van der Waals surface area contributed by atoms with Gasteiger partial charge in [0.15, 0.2) is 5.75 Å². The molecule has 0 atom stereocenters. The van der Waals surface area contributed by atoms with E-state index in [1.54, 1.807) is 25.4 Å². The molecule has 0 aliphatic carbocycles. The van der Waals surface area contributed by atoms with Crippen molar-refractivity contribution < 1.29 is 23.8 Å². The second kappa shape index (κ2) is 16.5. The maximum Gasteiger partial charge on any atom is 0.255 e. The molecule has 0 unspecified atom stereocenters. The normalized spacial score (nSPS) is 11.5. The van der Waals surface area contributed by atoms with Crippen molar-refractivity contribution in [2.24, 2.45) is 0 Å². The number of nitrogens with zero attached hydrogens (tertiary/aromatic N) is 1. The lowest BCUT2D eigenvalue weighted by Crippen LogP contribution is -2.21. The standard InChI is InChI=1S/C49H45N3O5/c1-48(2,37-16-12-34(13-17-37)46(53)52-40-22-28-43(29-23-40)57-45-32-50-31-36-8-6-7-9-44(36)45)30-33-10-24-41(25-11-33)56-42-26-20-39(21-27-42)51-47(54)35-14-18-38(19-15-35)49(3,4)55-5/h6-29,31-32H,30H2,1-5H3,(H,51,54)(H,52,53). The molecule has 7 aromatic rings. The van der Waals surface area contributed by atoms with E-state index in [1.165, 1.54) is 0 Å². The SMILES string of the molecule is COC(C)(C)c1ccc(C(=O)Nc2ccc(Oc3ccc(CC(C)(C)c4ccc(C(=O)Nc5ccc(Oc6cncc7ccccc67)cc5)cc4)cc3)cc2)cc1. The summed E-state index contributed by atoms with van der Waals surface area (Å²) in [5.74, 6) is 2.33. The Morgan fingerprint density at radius 3 is 1.60 bits per heavy atom. The van der Waals surface area contributed by atoms with E-state index in [1.807, 2.05) is 141 Å². The summed E-state index contributed by atoms with van der Waals surface area (Å²) in [6.07, 6.45) is 4.31. The Morgan fingerprint density at radius 1 is 0.561 bits per heavy atom. The number of carbonyl (C=O) groups excluding carboxylic acids is 2. The number of hydrogen-bond acceptors (Lipinski definition) is 6. The highest BCUT2D eigenvalue weighted by Gasteiger charge is 2.22. The molecule has 57 heavy (non-hydrogen) atoms. The summed E-state index contributed by atoms with van der Waals surface area (Å²) < 4.78 is 17.7. The fourth-order valence-electron chi connectivity index (χ4n) is 6.55. The van der Waals surface area contributed by atoms with Crippen LogP contribution in [0, 0.1) is 0 Å². The van der Waals surface area contributed by atoms with Crippen LogP contribution in [0.2, 0.25) is 0 Å². The third-order valence-corrected chi connectivity index (χ3v) is 10.2. The molecule has 7 rings (SSSR count). The lowest BCUT2D eigenvalue weighted by molar-refractivity contribution is 0.0192. The summed E-state index contributed by atoms with van der Waals surface area (Å²) in [4.78, 5) is 30.2. The second-order valence-electron chi connectivity index (χ2n) is 15.1. The van der Waals surface area contributed by atoms with Gasteiger partial charge in [-0.15, -0.1) is 0 Å². The number of carbonyl (C=O) groups is 2. The second-order valence-corrected chi connectivity index (χ2v) is 15.1. The van der Waals surface area contributed by atoms with Crippen molar-refractivity contribution in [3.63, 3.8) is 0 Å². The number of amides is 2. The van der Waals surface area contributed by atoms with Crippen LogP contribution in [-0.2, 0) is 22.2 Å². The fraction of sp³-hybridized carbons (Fsp3) is 0.163. The predicted molar refractivity (Wildman–Crippen MR) is 227 cm³/mol. The van der Waals surface area contributed by atoms with Gasteiger partial charge in [0.1, 0.15) is 17.2 Å². The molecule has 1 aromatic heterocycles. The molecule has 2 amide bonds. The molecule has 6 aromatic carbocycles. The molecule has 286 valence electrons. The van der Waals surface area contributed by atoms with Crippen LogP contribution in [0.4, 0.5) is 11.4 Å². The van der Waals surface area contributed by atoms with Gasteiger partial charge in [0.25, 0.3) is 11.8 Å². The number of fused-ring (bicyclic) bond motifs is 1. The van der Waals surface area contributed by atoms with Gasteiger partial charge in [0.2, 0.25) is 0 Å². The largest absolute Gasteiger partial charge is 0.457 e. The molecule has 0 aliphatic rings. The quantitative estimate of drug-likeness (QED) is 0.122. The van der Waals surface area contributed by atoms with Gasteiger partial charge in [0, 0.05) is 46.6 Å². The molecular formula is C49H45N3O5. The molecule has 0 saturated carbocycles. The first kappa shape index (κ1) is 38.5. The smallest absolute Gasteiger partial charge is 0.255 e. The minimum atomic E-state index is -0.427. The van der Waals surface area contributed by atoms with Crippen LogP contribution in [0.15, 0.2) is 158 Å². The Hall–Kier alpha value is -6.77. The lowest BCUT2D eigenvalue weighted by Gasteiger charge is -2.26. The highest BCUT2D eigenvalue weighted by molar-refractivity contribution is 6.05. The minimum Gasteiger partial charge on any atom is -0.457 e. The maximum absolute atomic E-state index is 13.1. The zero-order valence-corrected chi connectivity index (χ0v) is 32.7. The third kappa shape index (κ3) is 9.37. The molecule has 2 N–H and O–H groups in total. The topological polar surface area (TPSA) is 98.8 Å². The molecule has 0 aliphatic heterocycles. The average molecular weight is 756 g/mol. The van der Waals surface area contributed by atoms with E-state index in [4.69, 9.17) is 14.2 Å². The van der Waals surface area contributed by atoms with Gasteiger partial charge in [-0.2, -0.15) is 0 Å². The van der Waals surface area contributed by atoms with E-state index >= 15 is 0 Å². The number of rotatable bonds is 13. The first-order chi connectivity index (χ1) is 27.5. The molecule has 0 spiro atoms. The van der Waals surface area contributed by atoms with Crippen molar-refractivity contribution in [1.29, 1.82) is 0 Å². The summed E-state index contributed by atoms with van der Waals surface area (Å²) in [5.41, 5.74) is 5.16. The summed E-state index contributed by atoms with van der Waals surface area (Å²) >= 11 is 0. The Bertz CT molecular complexity index is 2470. The zero-order chi connectivity index (χ0) is 40.0. The van der Waals surface area contributed by atoms with Crippen molar-refractivity contribution in [3.05, 3.63) is 186 Å². The summed E-state index contributed by atoms with van der Waals surface area (Å²) in [7, 11) is 1.67. The third-order valence-electron chi connectivity index (χ3n) is 10.2.